The Labute approximate surface area is 88.2 Å². The largest absolute Gasteiger partial charge is 0.534 e. The summed E-state index contributed by atoms with van der Waals surface area (Å²) in [6, 6.07) is 2.40. The summed E-state index contributed by atoms with van der Waals surface area (Å²) >= 11 is 0. The van der Waals surface area contributed by atoms with Crippen LogP contribution < -0.4 is 4.18 Å². The second-order valence-electron chi connectivity index (χ2n) is 2.50. The molecule has 5 nitrogen and oxygen atoms in total. The van der Waals surface area contributed by atoms with E-state index in [2.05, 4.69) is 9.17 Å². The second kappa shape index (κ2) is 3.97. The number of nitrogens with zero attached hydrogens (tertiary/aromatic N) is 2. The normalized spacial score (nSPS) is 11.9. The molecule has 0 bridgehead atoms. The van der Waals surface area contributed by atoms with Gasteiger partial charge in [0.05, 0.1) is 11.8 Å². The lowest BCUT2D eigenvalue weighted by molar-refractivity contribution is -0.0500. The van der Waals surface area contributed by atoms with E-state index in [0.29, 0.717) is 0 Å². The van der Waals surface area contributed by atoms with E-state index in [4.69, 9.17) is 5.26 Å². The molecular formula is C7H3F3N2O3S. The number of rotatable bonds is 2. The van der Waals surface area contributed by atoms with Crippen LogP contribution in [0.5, 0.6) is 5.75 Å². The smallest absolute Gasteiger partial charge is 0.374 e. The molecule has 1 aromatic heterocycles. The van der Waals surface area contributed by atoms with Crippen molar-refractivity contribution < 1.29 is 25.8 Å². The lowest BCUT2D eigenvalue weighted by Gasteiger charge is -2.08. The number of hydrogen-bond acceptors (Lipinski definition) is 5. The van der Waals surface area contributed by atoms with Gasteiger partial charge in [-0.1, -0.05) is 0 Å². The molecular weight excluding hydrogens is 249 g/mol. The zero-order chi connectivity index (χ0) is 12.4. The molecule has 16 heavy (non-hydrogen) atoms. The third-order valence-corrected chi connectivity index (χ3v) is 2.31. The van der Waals surface area contributed by atoms with E-state index in [1.54, 1.807) is 6.07 Å². The number of alkyl halides is 3. The fraction of sp³-hybridized carbons (Fsp3) is 0.143. The summed E-state index contributed by atoms with van der Waals surface area (Å²) in [6.45, 7) is 0. The van der Waals surface area contributed by atoms with Gasteiger partial charge in [0.2, 0.25) is 0 Å². The first-order chi connectivity index (χ1) is 7.26. The molecule has 0 aliphatic heterocycles. The topological polar surface area (TPSA) is 80.0 Å². The molecule has 0 saturated heterocycles. The summed E-state index contributed by atoms with van der Waals surface area (Å²) in [5.41, 5.74) is -5.63. The summed E-state index contributed by atoms with van der Waals surface area (Å²) in [4.78, 5) is 3.34. The maximum atomic E-state index is 11.9. The lowest BCUT2D eigenvalue weighted by Crippen LogP contribution is -2.28. The van der Waals surface area contributed by atoms with Crippen LogP contribution in [0.4, 0.5) is 13.2 Å². The van der Waals surface area contributed by atoms with Gasteiger partial charge in [-0.3, -0.25) is 4.98 Å². The number of halogens is 3. The van der Waals surface area contributed by atoms with Crippen LogP contribution in [0.3, 0.4) is 0 Å². The average molecular weight is 252 g/mol. The van der Waals surface area contributed by atoms with Crippen LogP contribution in [0.2, 0.25) is 0 Å². The molecule has 0 N–H and O–H groups in total. The van der Waals surface area contributed by atoms with Crippen LogP contribution in [-0.2, 0) is 10.1 Å². The van der Waals surface area contributed by atoms with Crippen LogP contribution in [0.1, 0.15) is 5.56 Å². The summed E-state index contributed by atoms with van der Waals surface area (Å²) in [7, 11) is -5.73. The van der Waals surface area contributed by atoms with Crippen molar-refractivity contribution in [1.29, 1.82) is 5.26 Å². The number of pyridine rings is 1. The van der Waals surface area contributed by atoms with Gasteiger partial charge < -0.3 is 4.18 Å². The molecule has 0 atom stereocenters. The Hall–Kier alpha value is -1.82. The predicted octanol–water partition coefficient (Wildman–Crippen LogP) is 1.18. The Morgan fingerprint density at radius 2 is 2.00 bits per heavy atom. The van der Waals surface area contributed by atoms with Gasteiger partial charge in [-0.2, -0.15) is 26.9 Å². The average Bonchev–Trinajstić information content (AvgIpc) is 2.15. The molecule has 9 heteroatoms. The zero-order valence-electron chi connectivity index (χ0n) is 7.39. The third-order valence-electron chi connectivity index (χ3n) is 1.33. The van der Waals surface area contributed by atoms with Gasteiger partial charge in [0.1, 0.15) is 6.07 Å². The fourth-order valence-corrected chi connectivity index (χ4v) is 1.14. The van der Waals surface area contributed by atoms with Gasteiger partial charge in [-0.15, -0.1) is 0 Å². The minimum atomic E-state index is -5.73. The Morgan fingerprint density at radius 1 is 1.38 bits per heavy atom. The number of hydrogen-bond donors (Lipinski definition) is 0. The van der Waals surface area contributed by atoms with Crippen molar-refractivity contribution >= 4 is 10.1 Å². The van der Waals surface area contributed by atoms with Crippen LogP contribution >= 0.6 is 0 Å². The van der Waals surface area contributed by atoms with Crippen molar-refractivity contribution in [2.75, 3.05) is 0 Å². The maximum Gasteiger partial charge on any atom is 0.534 e. The minimum Gasteiger partial charge on any atom is -0.374 e. The molecule has 0 saturated carbocycles. The summed E-state index contributed by atoms with van der Waals surface area (Å²) in [6.07, 6.45) is 1.80. The molecule has 0 amide bonds. The van der Waals surface area contributed by atoms with Crippen LogP contribution in [0.25, 0.3) is 0 Å². The third kappa shape index (κ3) is 2.60. The van der Waals surface area contributed by atoms with Crippen LogP contribution in [0.15, 0.2) is 18.5 Å². The molecule has 0 aliphatic carbocycles. The summed E-state index contributed by atoms with van der Waals surface area (Å²) in [5.74, 6) is -0.670. The van der Waals surface area contributed by atoms with E-state index in [-0.39, 0.29) is 5.56 Å². The van der Waals surface area contributed by atoms with E-state index in [0.717, 1.165) is 18.5 Å². The molecule has 0 spiro atoms. The molecule has 1 heterocycles. The van der Waals surface area contributed by atoms with Crippen LogP contribution in [-0.4, -0.2) is 18.9 Å². The first-order valence-corrected chi connectivity index (χ1v) is 5.03. The Morgan fingerprint density at radius 3 is 2.50 bits per heavy atom. The molecule has 0 unspecified atom stereocenters. The lowest BCUT2D eigenvalue weighted by atomic mass is 10.3. The van der Waals surface area contributed by atoms with Gasteiger partial charge >= 0.3 is 15.6 Å². The molecule has 0 aliphatic rings. The van der Waals surface area contributed by atoms with Crippen molar-refractivity contribution in [2.24, 2.45) is 0 Å². The van der Waals surface area contributed by atoms with E-state index < -0.39 is 21.4 Å². The van der Waals surface area contributed by atoms with Gasteiger partial charge in [0.25, 0.3) is 0 Å². The minimum absolute atomic E-state index is 0.116. The van der Waals surface area contributed by atoms with Gasteiger partial charge in [-0.25, -0.2) is 0 Å². The predicted molar refractivity (Wildman–Crippen MR) is 44.6 cm³/mol. The van der Waals surface area contributed by atoms with E-state index in [9.17, 15) is 21.6 Å². The molecule has 86 valence electrons. The van der Waals surface area contributed by atoms with Crippen LogP contribution in [0, 0.1) is 11.3 Å². The first kappa shape index (κ1) is 12.3. The number of aromatic nitrogens is 1. The highest BCUT2D eigenvalue weighted by atomic mass is 32.2. The summed E-state index contributed by atoms with van der Waals surface area (Å²) in [5, 5.41) is 8.40. The zero-order valence-corrected chi connectivity index (χ0v) is 8.21. The molecule has 0 radical (unpaired) electrons. The van der Waals surface area contributed by atoms with Crippen molar-refractivity contribution in [3.05, 3.63) is 24.0 Å². The molecule has 1 aromatic rings. The quantitative estimate of drug-likeness (QED) is 0.583. The van der Waals surface area contributed by atoms with Crippen molar-refractivity contribution in [2.45, 2.75) is 5.51 Å². The fourth-order valence-electron chi connectivity index (χ4n) is 0.699. The monoisotopic (exact) mass is 252 g/mol. The van der Waals surface area contributed by atoms with Gasteiger partial charge in [0, 0.05) is 12.3 Å². The van der Waals surface area contributed by atoms with E-state index in [1.807, 2.05) is 0 Å². The van der Waals surface area contributed by atoms with Gasteiger partial charge in [-0.05, 0) is 0 Å². The molecule has 0 aromatic carbocycles. The maximum absolute atomic E-state index is 11.9. The second-order valence-corrected chi connectivity index (χ2v) is 4.04. The highest BCUT2D eigenvalue weighted by molar-refractivity contribution is 7.87. The van der Waals surface area contributed by atoms with Crippen molar-refractivity contribution in [1.82, 2.24) is 4.98 Å². The van der Waals surface area contributed by atoms with Crippen molar-refractivity contribution in [3.8, 4) is 11.8 Å². The van der Waals surface area contributed by atoms with E-state index in [1.165, 1.54) is 0 Å². The SMILES string of the molecule is N#Cc1cncc(OS(=O)(=O)C(F)(F)F)c1. The Kier molecular flexibility index (Phi) is 3.04. The standard InChI is InChI=1S/C7H3F3N2O3S/c8-7(9,10)16(13,14)15-6-1-5(2-11)3-12-4-6/h1,3-4H. The molecule has 1 rings (SSSR count). The van der Waals surface area contributed by atoms with Gasteiger partial charge in [0.15, 0.2) is 5.75 Å². The van der Waals surface area contributed by atoms with Crippen molar-refractivity contribution in [3.63, 3.8) is 0 Å². The molecule has 0 fully saturated rings. The summed E-state index contributed by atoms with van der Waals surface area (Å²) < 4.78 is 60.6. The first-order valence-electron chi connectivity index (χ1n) is 3.62. The Balaban J connectivity index is 3.03. The number of nitriles is 1. The highest BCUT2D eigenvalue weighted by Crippen LogP contribution is 2.26. The van der Waals surface area contributed by atoms with E-state index >= 15 is 0 Å². The Bertz CT molecular complexity index is 533. The highest BCUT2D eigenvalue weighted by Gasteiger charge is 2.48.